The molecule has 7 nitrogen and oxygen atoms in total. The summed E-state index contributed by atoms with van der Waals surface area (Å²) in [5.74, 6) is 0. The predicted molar refractivity (Wildman–Crippen MR) is 77.3 cm³/mol. The number of rotatable bonds is 4. The number of non-ortho nitro benzene ring substituents is 1. The Bertz CT molecular complexity index is 683. The maximum Gasteiger partial charge on any atom is 0.277 e. The first kappa shape index (κ1) is 13.7. The maximum absolute atomic E-state index is 11.1. The van der Waals surface area contributed by atoms with Crippen molar-refractivity contribution in [3.05, 3.63) is 40.7 Å². The molecular formula is C14H15N3O4. The Kier molecular flexibility index (Phi) is 3.44. The van der Waals surface area contributed by atoms with Gasteiger partial charge in [0, 0.05) is 49.1 Å². The third-order valence-corrected chi connectivity index (χ3v) is 3.68. The minimum absolute atomic E-state index is 0.0425. The number of benzene rings is 1. The van der Waals surface area contributed by atoms with Crippen LogP contribution in [0.25, 0.3) is 10.8 Å². The van der Waals surface area contributed by atoms with E-state index >= 15 is 0 Å². The molecule has 1 atom stereocenters. The first-order chi connectivity index (χ1) is 10.1. The van der Waals surface area contributed by atoms with E-state index in [0.717, 1.165) is 0 Å². The van der Waals surface area contributed by atoms with Gasteiger partial charge >= 0.3 is 0 Å². The molecule has 21 heavy (non-hydrogen) atoms. The quantitative estimate of drug-likeness (QED) is 0.657. The fourth-order valence-electron chi connectivity index (χ4n) is 2.48. The average molecular weight is 289 g/mol. The number of anilines is 1. The van der Waals surface area contributed by atoms with Crippen molar-refractivity contribution < 1.29 is 14.8 Å². The lowest BCUT2D eigenvalue weighted by atomic mass is 10.0. The molecule has 2 heterocycles. The first-order valence-corrected chi connectivity index (χ1v) is 6.64. The van der Waals surface area contributed by atoms with Crippen LogP contribution in [0.1, 0.15) is 6.42 Å². The molecule has 3 rings (SSSR count). The van der Waals surface area contributed by atoms with Crippen molar-refractivity contribution >= 4 is 22.1 Å². The van der Waals surface area contributed by atoms with E-state index in [0.29, 0.717) is 42.6 Å². The lowest BCUT2D eigenvalue weighted by molar-refractivity contribution is -0.383. The number of ether oxygens (including phenoxy) is 1. The number of pyridine rings is 1. The zero-order valence-corrected chi connectivity index (χ0v) is 11.3. The molecule has 1 aromatic carbocycles. The van der Waals surface area contributed by atoms with E-state index in [4.69, 9.17) is 4.74 Å². The van der Waals surface area contributed by atoms with Crippen LogP contribution in [0.4, 0.5) is 11.4 Å². The van der Waals surface area contributed by atoms with Crippen molar-refractivity contribution in [3.8, 4) is 0 Å². The van der Waals surface area contributed by atoms with Crippen LogP contribution in [-0.4, -0.2) is 40.4 Å². The van der Waals surface area contributed by atoms with Gasteiger partial charge < -0.3 is 15.2 Å². The van der Waals surface area contributed by atoms with Crippen LogP contribution in [0.2, 0.25) is 0 Å². The van der Waals surface area contributed by atoms with Gasteiger partial charge in [-0.25, -0.2) is 0 Å². The molecule has 1 fully saturated rings. The lowest BCUT2D eigenvalue weighted by Crippen LogP contribution is -2.37. The second kappa shape index (κ2) is 5.27. The summed E-state index contributed by atoms with van der Waals surface area (Å²) in [6.07, 6.45) is 3.68. The number of nitro benzene ring substituents is 1. The monoisotopic (exact) mass is 289 g/mol. The van der Waals surface area contributed by atoms with E-state index in [2.05, 4.69) is 10.3 Å². The van der Waals surface area contributed by atoms with Crippen LogP contribution in [0.5, 0.6) is 0 Å². The summed E-state index contributed by atoms with van der Waals surface area (Å²) in [6, 6.07) is 4.72. The minimum atomic E-state index is -0.893. The van der Waals surface area contributed by atoms with Gasteiger partial charge in [-0.1, -0.05) is 0 Å². The number of hydrogen-bond acceptors (Lipinski definition) is 6. The Morgan fingerprint density at radius 1 is 1.43 bits per heavy atom. The Hall–Kier alpha value is -2.25. The largest absolute Gasteiger partial charge is 0.386 e. The van der Waals surface area contributed by atoms with Gasteiger partial charge in [0.25, 0.3) is 5.69 Å². The van der Waals surface area contributed by atoms with Crippen LogP contribution in [0.15, 0.2) is 30.6 Å². The van der Waals surface area contributed by atoms with Gasteiger partial charge in [-0.15, -0.1) is 0 Å². The molecule has 1 unspecified atom stereocenters. The highest BCUT2D eigenvalue weighted by molar-refractivity contribution is 5.99. The van der Waals surface area contributed by atoms with E-state index in [9.17, 15) is 15.2 Å². The average Bonchev–Trinajstić information content (AvgIpc) is 2.91. The SMILES string of the molecule is O=[N+]([O-])c1ccc(NCC2(O)CCOC2)c2cnccc12. The highest BCUT2D eigenvalue weighted by atomic mass is 16.6. The smallest absolute Gasteiger partial charge is 0.277 e. The number of aromatic nitrogens is 1. The van der Waals surface area contributed by atoms with Crippen molar-refractivity contribution in [3.63, 3.8) is 0 Å². The molecule has 1 saturated heterocycles. The maximum atomic E-state index is 11.1. The summed E-state index contributed by atoms with van der Waals surface area (Å²) >= 11 is 0. The predicted octanol–water partition coefficient (Wildman–Crippen LogP) is 1.71. The summed E-state index contributed by atoms with van der Waals surface area (Å²) in [4.78, 5) is 14.7. The molecule has 7 heteroatoms. The topological polar surface area (TPSA) is 97.5 Å². The molecular weight excluding hydrogens is 274 g/mol. The van der Waals surface area contributed by atoms with Crippen molar-refractivity contribution in [1.82, 2.24) is 4.98 Å². The van der Waals surface area contributed by atoms with Gasteiger partial charge in [0.1, 0.15) is 5.60 Å². The number of nitro groups is 1. The third-order valence-electron chi connectivity index (χ3n) is 3.68. The van der Waals surface area contributed by atoms with Crippen LogP contribution in [0.3, 0.4) is 0 Å². The summed E-state index contributed by atoms with van der Waals surface area (Å²) < 4.78 is 5.19. The molecule has 1 aromatic heterocycles. The van der Waals surface area contributed by atoms with Crippen LogP contribution in [-0.2, 0) is 4.74 Å². The molecule has 110 valence electrons. The van der Waals surface area contributed by atoms with Gasteiger partial charge in [0.05, 0.1) is 16.9 Å². The molecule has 1 aliphatic heterocycles. The zero-order valence-electron chi connectivity index (χ0n) is 11.3. The Labute approximate surface area is 120 Å². The van der Waals surface area contributed by atoms with Crippen LogP contribution < -0.4 is 5.32 Å². The van der Waals surface area contributed by atoms with Crippen LogP contribution >= 0.6 is 0 Å². The van der Waals surface area contributed by atoms with Crippen molar-refractivity contribution in [2.75, 3.05) is 25.1 Å². The summed E-state index contributed by atoms with van der Waals surface area (Å²) in [5, 5.41) is 25.6. The summed E-state index contributed by atoms with van der Waals surface area (Å²) in [5.41, 5.74) is -0.138. The standard InChI is InChI=1S/C14H15N3O4/c18-14(4-6-21-9-14)8-16-12-1-2-13(17(19)20)10-3-5-15-7-11(10)12/h1-3,5,7,16,18H,4,6,8-9H2. The van der Waals surface area contributed by atoms with Crippen molar-refractivity contribution in [2.24, 2.45) is 0 Å². The first-order valence-electron chi connectivity index (χ1n) is 6.64. The summed E-state index contributed by atoms with van der Waals surface area (Å²) in [6.45, 7) is 1.17. The fourth-order valence-corrected chi connectivity index (χ4v) is 2.48. The van der Waals surface area contributed by atoms with E-state index in [1.54, 1.807) is 18.3 Å². The van der Waals surface area contributed by atoms with E-state index in [-0.39, 0.29) is 5.69 Å². The van der Waals surface area contributed by atoms with Crippen LogP contribution in [0, 0.1) is 10.1 Å². The zero-order chi connectivity index (χ0) is 14.9. The molecule has 0 spiro atoms. The lowest BCUT2D eigenvalue weighted by Gasteiger charge is -2.22. The molecule has 2 aromatic rings. The normalized spacial score (nSPS) is 21.6. The highest BCUT2D eigenvalue weighted by Crippen LogP contribution is 2.31. The van der Waals surface area contributed by atoms with E-state index in [1.807, 2.05) is 0 Å². The molecule has 0 saturated carbocycles. The number of hydrogen-bond donors (Lipinski definition) is 2. The Morgan fingerprint density at radius 3 is 3.00 bits per heavy atom. The molecule has 2 N–H and O–H groups in total. The highest BCUT2D eigenvalue weighted by Gasteiger charge is 2.32. The van der Waals surface area contributed by atoms with Gasteiger partial charge in [-0.05, 0) is 12.1 Å². The minimum Gasteiger partial charge on any atom is -0.386 e. The Balaban J connectivity index is 1.92. The fraction of sp³-hybridized carbons (Fsp3) is 0.357. The van der Waals surface area contributed by atoms with Gasteiger partial charge in [0.15, 0.2) is 0 Å². The number of nitrogens with zero attached hydrogens (tertiary/aromatic N) is 2. The van der Waals surface area contributed by atoms with E-state index < -0.39 is 10.5 Å². The van der Waals surface area contributed by atoms with Gasteiger partial charge in [-0.3, -0.25) is 15.1 Å². The van der Waals surface area contributed by atoms with E-state index in [1.165, 1.54) is 12.3 Å². The van der Waals surface area contributed by atoms with Gasteiger partial charge in [0.2, 0.25) is 0 Å². The second-order valence-corrected chi connectivity index (χ2v) is 5.19. The molecule has 1 aliphatic rings. The summed E-state index contributed by atoms with van der Waals surface area (Å²) in [7, 11) is 0. The molecule has 0 radical (unpaired) electrons. The molecule has 0 aliphatic carbocycles. The second-order valence-electron chi connectivity index (χ2n) is 5.19. The van der Waals surface area contributed by atoms with Crippen molar-refractivity contribution in [1.29, 1.82) is 0 Å². The number of aliphatic hydroxyl groups is 1. The van der Waals surface area contributed by atoms with Gasteiger partial charge in [-0.2, -0.15) is 0 Å². The molecule has 0 bridgehead atoms. The third kappa shape index (κ3) is 2.65. The van der Waals surface area contributed by atoms with Crippen molar-refractivity contribution in [2.45, 2.75) is 12.0 Å². The number of fused-ring (bicyclic) bond motifs is 1. The number of nitrogens with one attached hydrogen (secondary N) is 1. The molecule has 0 amide bonds. The Morgan fingerprint density at radius 2 is 2.29 bits per heavy atom.